The van der Waals surface area contributed by atoms with Crippen molar-refractivity contribution in [1.82, 2.24) is 14.7 Å². The van der Waals surface area contributed by atoms with Crippen LogP contribution in [-0.4, -0.2) is 41.4 Å². The lowest BCUT2D eigenvalue weighted by Crippen LogP contribution is -2.44. The summed E-state index contributed by atoms with van der Waals surface area (Å²) in [5.74, 6) is 0. The van der Waals surface area contributed by atoms with Gasteiger partial charge in [-0.25, -0.2) is 13.1 Å². The summed E-state index contributed by atoms with van der Waals surface area (Å²) < 4.78 is 26.3. The van der Waals surface area contributed by atoms with Crippen molar-refractivity contribution in [1.29, 1.82) is 0 Å². The molecular weight excluding hydrogens is 570 g/mol. The lowest BCUT2D eigenvalue weighted by molar-refractivity contribution is 0.0717. The molecule has 2 aromatic carbocycles. The maximum Gasteiger partial charge on any atom is 0.175 e. The summed E-state index contributed by atoms with van der Waals surface area (Å²) in [7, 11) is -3.28. The van der Waals surface area contributed by atoms with Crippen molar-refractivity contribution in [3.63, 3.8) is 0 Å². The van der Waals surface area contributed by atoms with Crippen molar-refractivity contribution in [3.8, 4) is 26.7 Å². The third-order valence-electron chi connectivity index (χ3n) is 8.68. The molecule has 0 amide bonds. The van der Waals surface area contributed by atoms with Crippen LogP contribution < -0.4 is 0 Å². The van der Waals surface area contributed by atoms with Gasteiger partial charge in [0, 0.05) is 29.8 Å². The zero-order valence-electron chi connectivity index (χ0n) is 23.6. The van der Waals surface area contributed by atoms with Crippen LogP contribution in [0.4, 0.5) is 0 Å². The van der Waals surface area contributed by atoms with Crippen LogP contribution in [0, 0.1) is 0 Å². The molecule has 0 bridgehead atoms. The van der Waals surface area contributed by atoms with E-state index in [-0.39, 0.29) is 0 Å². The highest BCUT2D eigenvalue weighted by Gasteiger charge is 2.30. The third kappa shape index (κ3) is 6.48. The summed E-state index contributed by atoms with van der Waals surface area (Å²) in [6, 6.07) is 22.8. The molecule has 2 aliphatic rings. The minimum atomic E-state index is -3.28. The number of aromatic nitrogens is 2. The van der Waals surface area contributed by atoms with Gasteiger partial charge in [0.25, 0.3) is 0 Å². The molecule has 0 spiro atoms. The highest BCUT2D eigenvalue weighted by molar-refractivity contribution is 7.90. The van der Waals surface area contributed by atoms with E-state index in [0.717, 1.165) is 38.9 Å². The van der Waals surface area contributed by atoms with Crippen LogP contribution in [0.25, 0.3) is 26.7 Å². The zero-order chi connectivity index (χ0) is 28.4. The Morgan fingerprint density at radius 1 is 0.854 bits per heavy atom. The van der Waals surface area contributed by atoms with Crippen LogP contribution in [0.3, 0.4) is 0 Å². The molecule has 5 nitrogen and oxygen atoms in total. The van der Waals surface area contributed by atoms with Crippen molar-refractivity contribution in [2.75, 3.05) is 6.26 Å². The summed E-state index contributed by atoms with van der Waals surface area (Å²) in [5, 5.41) is 5.86. The van der Waals surface area contributed by atoms with E-state index < -0.39 is 9.84 Å². The molecule has 2 fully saturated rings. The molecule has 6 rings (SSSR count). The van der Waals surface area contributed by atoms with Gasteiger partial charge >= 0.3 is 0 Å². The second kappa shape index (κ2) is 12.4. The van der Waals surface area contributed by atoms with Crippen molar-refractivity contribution in [2.45, 2.75) is 87.7 Å². The van der Waals surface area contributed by atoms with Crippen LogP contribution in [0.1, 0.15) is 69.9 Å². The van der Waals surface area contributed by atoms with Gasteiger partial charge in [-0.15, -0.1) is 11.3 Å². The Morgan fingerprint density at radius 2 is 1.51 bits per heavy atom. The van der Waals surface area contributed by atoms with E-state index in [4.69, 9.17) is 16.7 Å². The Morgan fingerprint density at radius 3 is 2.17 bits per heavy atom. The molecule has 41 heavy (non-hydrogen) atoms. The van der Waals surface area contributed by atoms with E-state index in [2.05, 4.69) is 23.1 Å². The number of nitrogens with zero attached hydrogens (tertiary/aromatic N) is 3. The molecule has 0 atom stereocenters. The molecule has 0 unspecified atom stereocenters. The van der Waals surface area contributed by atoms with Gasteiger partial charge in [0.15, 0.2) is 9.84 Å². The first-order chi connectivity index (χ1) is 19.9. The minimum Gasteiger partial charge on any atom is -0.292 e. The number of hydrogen-bond donors (Lipinski definition) is 0. The van der Waals surface area contributed by atoms with Crippen LogP contribution >= 0.6 is 22.9 Å². The second-order valence-corrected chi connectivity index (χ2v) is 15.1. The van der Waals surface area contributed by atoms with E-state index in [9.17, 15) is 8.42 Å². The van der Waals surface area contributed by atoms with Crippen LogP contribution in [-0.2, 0) is 16.4 Å². The number of rotatable bonds is 8. The lowest BCUT2D eigenvalue weighted by atomic mass is 9.88. The second-order valence-electron chi connectivity index (χ2n) is 11.6. The maximum absolute atomic E-state index is 12.2. The molecule has 0 radical (unpaired) electrons. The Balaban J connectivity index is 1.38. The predicted octanol–water partition coefficient (Wildman–Crippen LogP) is 8.79. The molecule has 8 heteroatoms. The minimum absolute atomic E-state index is 0.332. The van der Waals surface area contributed by atoms with Gasteiger partial charge in [0.1, 0.15) is 0 Å². The Kier molecular flexibility index (Phi) is 8.68. The van der Waals surface area contributed by atoms with E-state index in [1.165, 1.54) is 70.5 Å². The normalized spacial score (nSPS) is 17.3. The Labute approximate surface area is 253 Å². The summed E-state index contributed by atoms with van der Waals surface area (Å²) in [6.07, 6.45) is 14.4. The SMILES string of the molecule is CS(=O)(=O)c1cccc(-c2ccc(-c3cc(CN(C4CCCCC4)C4CCCCC4)nn3-c3ccccc3Cl)s2)c1. The predicted molar refractivity (Wildman–Crippen MR) is 170 cm³/mol. The molecule has 0 N–H and O–H groups in total. The fraction of sp³-hybridized carbons (Fsp3) is 0.424. The molecule has 216 valence electrons. The van der Waals surface area contributed by atoms with Crippen molar-refractivity contribution >= 4 is 32.8 Å². The van der Waals surface area contributed by atoms with Gasteiger partial charge in [0.05, 0.1) is 31.9 Å². The van der Waals surface area contributed by atoms with Gasteiger partial charge < -0.3 is 0 Å². The Hall–Kier alpha value is -2.45. The first-order valence-corrected chi connectivity index (χ1v) is 18.0. The van der Waals surface area contributed by atoms with Crippen LogP contribution in [0.5, 0.6) is 0 Å². The Bertz CT molecular complexity index is 1580. The molecular formula is C33H38ClN3O2S2. The van der Waals surface area contributed by atoms with E-state index >= 15 is 0 Å². The van der Waals surface area contributed by atoms with Crippen molar-refractivity contribution < 1.29 is 8.42 Å². The molecule has 2 aromatic heterocycles. The highest BCUT2D eigenvalue weighted by atomic mass is 35.5. The third-order valence-corrected chi connectivity index (χ3v) is 11.3. The highest BCUT2D eigenvalue weighted by Crippen LogP contribution is 2.38. The number of hydrogen-bond acceptors (Lipinski definition) is 5. The lowest BCUT2D eigenvalue weighted by Gasteiger charge is -2.41. The summed E-state index contributed by atoms with van der Waals surface area (Å²) in [5.41, 5.74) is 3.85. The van der Waals surface area contributed by atoms with Crippen molar-refractivity contribution in [3.05, 3.63) is 77.4 Å². The fourth-order valence-electron chi connectivity index (χ4n) is 6.57. The molecule has 2 saturated carbocycles. The number of benzene rings is 2. The summed E-state index contributed by atoms with van der Waals surface area (Å²) >= 11 is 8.36. The van der Waals surface area contributed by atoms with Gasteiger partial charge in [-0.05, 0) is 73.7 Å². The number of halogens is 1. The number of para-hydroxylation sites is 1. The average Bonchev–Trinajstić information content (AvgIpc) is 3.64. The fourth-order valence-corrected chi connectivity index (χ4v) is 8.46. The first kappa shape index (κ1) is 28.7. The smallest absolute Gasteiger partial charge is 0.175 e. The zero-order valence-corrected chi connectivity index (χ0v) is 26.0. The number of sulfone groups is 1. The summed E-state index contributed by atoms with van der Waals surface area (Å²) in [6.45, 7) is 0.856. The van der Waals surface area contributed by atoms with Crippen LogP contribution in [0.15, 0.2) is 71.6 Å². The van der Waals surface area contributed by atoms with Gasteiger partial charge in [-0.3, -0.25) is 4.90 Å². The molecule has 2 heterocycles. The van der Waals surface area contributed by atoms with Crippen molar-refractivity contribution in [2.24, 2.45) is 0 Å². The van der Waals surface area contributed by atoms with Crippen LogP contribution in [0.2, 0.25) is 5.02 Å². The quantitative estimate of drug-likeness (QED) is 0.201. The standard InChI is InChI=1S/C33H38ClN3O2S2/c1-41(38,39)28-16-10-11-24(21-28)32-19-20-33(40-32)31-22-25(35-37(31)30-18-9-8-17-29(30)34)23-36(26-12-4-2-5-13-26)27-14-6-3-7-15-27/h8-11,16-22,26-27H,2-7,12-15,23H2,1H3. The van der Waals surface area contributed by atoms with Gasteiger partial charge in [0.2, 0.25) is 0 Å². The molecule has 0 aliphatic heterocycles. The van der Waals surface area contributed by atoms with E-state index in [0.29, 0.717) is 22.0 Å². The molecule has 4 aromatic rings. The first-order valence-electron chi connectivity index (χ1n) is 14.9. The largest absolute Gasteiger partial charge is 0.292 e. The maximum atomic E-state index is 12.2. The molecule has 2 aliphatic carbocycles. The monoisotopic (exact) mass is 607 g/mol. The molecule has 0 saturated heterocycles. The topological polar surface area (TPSA) is 55.2 Å². The van der Waals surface area contributed by atoms with E-state index in [1.54, 1.807) is 23.5 Å². The summed E-state index contributed by atoms with van der Waals surface area (Å²) in [4.78, 5) is 5.21. The number of thiophene rings is 1. The van der Waals surface area contributed by atoms with E-state index in [1.807, 2.05) is 41.1 Å². The van der Waals surface area contributed by atoms with Gasteiger partial charge in [-0.1, -0.05) is 74.4 Å². The average molecular weight is 608 g/mol. The van der Waals surface area contributed by atoms with Gasteiger partial charge in [-0.2, -0.15) is 5.10 Å².